The van der Waals surface area contributed by atoms with E-state index in [0.717, 1.165) is 6.26 Å². The molecular formula is C22H19ClN2O5S. The average molecular weight is 459 g/mol. The van der Waals surface area contributed by atoms with Crippen LogP contribution >= 0.6 is 11.6 Å². The second-order valence-electron chi connectivity index (χ2n) is 6.84. The Balaban J connectivity index is 1.78. The largest absolute Gasteiger partial charge is 0.465 e. The third kappa shape index (κ3) is 5.90. The Morgan fingerprint density at radius 3 is 2.29 bits per heavy atom. The molecule has 1 aromatic heterocycles. The third-order valence-corrected chi connectivity index (χ3v) is 5.52. The normalized spacial score (nSPS) is 11.1. The number of esters is 1. The number of methoxy groups -OCH3 is 1. The van der Waals surface area contributed by atoms with Crippen LogP contribution in [0.1, 0.15) is 26.3 Å². The molecule has 0 aliphatic carbocycles. The molecule has 160 valence electrons. The van der Waals surface area contributed by atoms with Crippen molar-refractivity contribution in [3.05, 3.63) is 82.5 Å². The van der Waals surface area contributed by atoms with Gasteiger partial charge in [0.25, 0.3) is 5.91 Å². The number of amides is 1. The van der Waals surface area contributed by atoms with E-state index in [9.17, 15) is 18.0 Å². The summed E-state index contributed by atoms with van der Waals surface area (Å²) in [6.07, 6.45) is 2.55. The lowest BCUT2D eigenvalue weighted by Crippen LogP contribution is -2.12. The number of carbonyl (C=O) groups is 2. The zero-order valence-corrected chi connectivity index (χ0v) is 18.3. The van der Waals surface area contributed by atoms with Gasteiger partial charge in [0, 0.05) is 29.3 Å². The molecule has 0 atom stereocenters. The summed E-state index contributed by atoms with van der Waals surface area (Å²) in [6, 6.07) is 14.5. The molecule has 1 amide bonds. The number of nitrogens with one attached hydrogen (secondary N) is 1. The number of rotatable bonds is 6. The van der Waals surface area contributed by atoms with Crippen molar-refractivity contribution in [1.29, 1.82) is 0 Å². The minimum absolute atomic E-state index is 0.0861. The number of aromatic nitrogens is 1. The van der Waals surface area contributed by atoms with E-state index in [2.05, 4.69) is 15.0 Å². The van der Waals surface area contributed by atoms with Crippen molar-refractivity contribution in [2.45, 2.75) is 5.75 Å². The van der Waals surface area contributed by atoms with Crippen LogP contribution in [0.3, 0.4) is 0 Å². The maximum Gasteiger partial charge on any atom is 0.339 e. The van der Waals surface area contributed by atoms with Crippen molar-refractivity contribution < 1.29 is 22.7 Å². The van der Waals surface area contributed by atoms with Crippen LogP contribution in [0.4, 0.5) is 5.69 Å². The maximum absolute atomic E-state index is 12.6. The van der Waals surface area contributed by atoms with E-state index in [4.69, 9.17) is 11.6 Å². The van der Waals surface area contributed by atoms with Gasteiger partial charge in [0.2, 0.25) is 0 Å². The summed E-state index contributed by atoms with van der Waals surface area (Å²) < 4.78 is 27.4. The highest BCUT2D eigenvalue weighted by atomic mass is 35.5. The molecule has 0 radical (unpaired) electrons. The van der Waals surface area contributed by atoms with Crippen LogP contribution in [0.2, 0.25) is 5.02 Å². The molecule has 0 aliphatic rings. The predicted molar refractivity (Wildman–Crippen MR) is 119 cm³/mol. The second-order valence-corrected chi connectivity index (χ2v) is 9.39. The Morgan fingerprint density at radius 2 is 1.71 bits per heavy atom. The molecule has 9 heteroatoms. The number of sulfone groups is 1. The lowest BCUT2D eigenvalue weighted by Gasteiger charge is -2.10. The summed E-state index contributed by atoms with van der Waals surface area (Å²) in [5, 5.41) is 3.22. The first-order valence-corrected chi connectivity index (χ1v) is 11.5. The third-order valence-electron chi connectivity index (χ3n) is 4.33. The predicted octanol–water partition coefficient (Wildman–Crippen LogP) is 3.99. The minimum Gasteiger partial charge on any atom is -0.465 e. The molecule has 0 unspecified atom stereocenters. The molecule has 7 nitrogen and oxygen atoms in total. The zero-order chi connectivity index (χ0) is 22.6. The van der Waals surface area contributed by atoms with E-state index in [0.29, 0.717) is 38.7 Å². The summed E-state index contributed by atoms with van der Waals surface area (Å²) in [6.45, 7) is 0. The van der Waals surface area contributed by atoms with Gasteiger partial charge in [-0.2, -0.15) is 0 Å². The monoisotopic (exact) mass is 458 g/mol. The summed E-state index contributed by atoms with van der Waals surface area (Å²) in [7, 11) is -1.86. The highest BCUT2D eigenvalue weighted by Gasteiger charge is 2.12. The summed E-state index contributed by atoms with van der Waals surface area (Å²) >= 11 is 6.29. The second kappa shape index (κ2) is 9.28. The van der Waals surface area contributed by atoms with E-state index in [1.54, 1.807) is 54.6 Å². The van der Waals surface area contributed by atoms with E-state index < -0.39 is 15.8 Å². The van der Waals surface area contributed by atoms with Crippen LogP contribution in [0.25, 0.3) is 11.3 Å². The molecule has 0 saturated heterocycles. The minimum atomic E-state index is -3.15. The van der Waals surface area contributed by atoms with Gasteiger partial charge < -0.3 is 10.1 Å². The zero-order valence-electron chi connectivity index (χ0n) is 16.8. The van der Waals surface area contributed by atoms with Crippen LogP contribution in [0.15, 0.2) is 60.8 Å². The van der Waals surface area contributed by atoms with E-state index in [1.165, 1.54) is 13.3 Å². The van der Waals surface area contributed by atoms with Gasteiger partial charge in [0.1, 0.15) is 0 Å². The molecule has 0 spiro atoms. The van der Waals surface area contributed by atoms with Crippen molar-refractivity contribution in [2.75, 3.05) is 18.7 Å². The standard InChI is InChI=1S/C22H19ClN2O5S/c1-30-22(27)16-7-10-20(24-12-16)18-11-17(8-9-19(18)23)25-21(26)15-5-3-14(4-6-15)13-31(2,28)29/h3-12H,13H2,1-2H3,(H,25,26). The number of hydrogen-bond donors (Lipinski definition) is 1. The van der Waals surface area contributed by atoms with Crippen molar-refractivity contribution in [2.24, 2.45) is 0 Å². The average Bonchev–Trinajstić information content (AvgIpc) is 2.74. The van der Waals surface area contributed by atoms with Gasteiger partial charge in [-0.25, -0.2) is 13.2 Å². The molecule has 3 aromatic rings. The van der Waals surface area contributed by atoms with Crippen LogP contribution < -0.4 is 5.32 Å². The summed E-state index contributed by atoms with van der Waals surface area (Å²) in [4.78, 5) is 28.4. The Bertz CT molecular complexity index is 1220. The molecule has 3 rings (SSSR count). The molecule has 0 saturated carbocycles. The number of nitrogens with zero attached hydrogens (tertiary/aromatic N) is 1. The van der Waals surface area contributed by atoms with E-state index in [-0.39, 0.29) is 11.7 Å². The Morgan fingerprint density at radius 1 is 1.03 bits per heavy atom. The van der Waals surface area contributed by atoms with Crippen molar-refractivity contribution in [3.63, 3.8) is 0 Å². The number of hydrogen-bond acceptors (Lipinski definition) is 6. The van der Waals surface area contributed by atoms with Crippen molar-refractivity contribution in [3.8, 4) is 11.3 Å². The highest BCUT2D eigenvalue weighted by molar-refractivity contribution is 7.89. The van der Waals surface area contributed by atoms with Gasteiger partial charge in [-0.1, -0.05) is 23.7 Å². The van der Waals surface area contributed by atoms with E-state index >= 15 is 0 Å². The van der Waals surface area contributed by atoms with Gasteiger partial charge in [-0.15, -0.1) is 0 Å². The number of pyridine rings is 1. The lowest BCUT2D eigenvalue weighted by atomic mass is 10.1. The molecule has 2 aromatic carbocycles. The molecule has 0 bridgehead atoms. The molecular weight excluding hydrogens is 440 g/mol. The fourth-order valence-corrected chi connectivity index (χ4v) is 3.86. The molecule has 1 heterocycles. The number of benzene rings is 2. The van der Waals surface area contributed by atoms with Crippen LogP contribution in [-0.2, 0) is 20.3 Å². The highest BCUT2D eigenvalue weighted by Crippen LogP contribution is 2.29. The Labute approximate surface area is 185 Å². The SMILES string of the molecule is COC(=O)c1ccc(-c2cc(NC(=O)c3ccc(CS(C)(=O)=O)cc3)ccc2Cl)nc1. The van der Waals surface area contributed by atoms with Gasteiger partial charge in [-0.05, 0) is 48.0 Å². The first-order valence-electron chi connectivity index (χ1n) is 9.08. The van der Waals surface area contributed by atoms with Gasteiger partial charge in [0.05, 0.1) is 29.1 Å². The fraction of sp³-hybridized carbons (Fsp3) is 0.136. The fourth-order valence-electron chi connectivity index (χ4n) is 2.85. The van der Waals surface area contributed by atoms with Crippen molar-refractivity contribution >= 4 is 39.0 Å². The van der Waals surface area contributed by atoms with Crippen LogP contribution in [0, 0.1) is 0 Å². The van der Waals surface area contributed by atoms with Gasteiger partial charge in [0.15, 0.2) is 9.84 Å². The number of ether oxygens (including phenoxy) is 1. The van der Waals surface area contributed by atoms with Crippen LogP contribution in [0.5, 0.6) is 0 Å². The summed E-state index contributed by atoms with van der Waals surface area (Å²) in [5.41, 5.74) is 2.91. The van der Waals surface area contributed by atoms with Crippen LogP contribution in [-0.4, -0.2) is 38.6 Å². The lowest BCUT2D eigenvalue weighted by molar-refractivity contribution is 0.0600. The molecule has 31 heavy (non-hydrogen) atoms. The molecule has 0 aliphatic heterocycles. The van der Waals surface area contributed by atoms with E-state index in [1.807, 2.05) is 0 Å². The Kier molecular flexibility index (Phi) is 6.72. The topological polar surface area (TPSA) is 102 Å². The smallest absolute Gasteiger partial charge is 0.339 e. The van der Waals surface area contributed by atoms with Gasteiger partial charge in [-0.3, -0.25) is 9.78 Å². The first kappa shape index (κ1) is 22.5. The first-order chi connectivity index (χ1) is 14.7. The number of carbonyl (C=O) groups excluding carboxylic acids is 2. The quantitative estimate of drug-likeness (QED) is 0.560. The van der Waals surface area contributed by atoms with Gasteiger partial charge >= 0.3 is 5.97 Å². The Hall–Kier alpha value is -3.23. The molecule has 1 N–H and O–H groups in total. The van der Waals surface area contributed by atoms with Crippen molar-refractivity contribution in [1.82, 2.24) is 4.98 Å². The molecule has 0 fully saturated rings. The summed E-state index contributed by atoms with van der Waals surface area (Å²) in [5.74, 6) is -0.932. The number of anilines is 1. The number of halogens is 1. The maximum atomic E-state index is 12.6.